The molecule has 9 nitrogen and oxygen atoms in total. The predicted octanol–water partition coefficient (Wildman–Crippen LogP) is 3.81. The van der Waals surface area contributed by atoms with Gasteiger partial charge in [-0.2, -0.15) is 28.1 Å². The molecular weight excluding hydrogens is 467 g/mol. The lowest BCUT2D eigenvalue weighted by atomic mass is 10.1. The van der Waals surface area contributed by atoms with Gasteiger partial charge in [-0.15, -0.1) is 0 Å². The van der Waals surface area contributed by atoms with E-state index in [0.29, 0.717) is 17.2 Å². The Morgan fingerprint density at radius 2 is 1.69 bits per heavy atom. The van der Waals surface area contributed by atoms with Crippen molar-refractivity contribution >= 4 is 16.9 Å². The molecule has 2 aromatic heterocycles. The van der Waals surface area contributed by atoms with Crippen molar-refractivity contribution in [3.05, 3.63) is 63.8 Å². The van der Waals surface area contributed by atoms with Crippen molar-refractivity contribution < 1.29 is 27.4 Å². The van der Waals surface area contributed by atoms with Gasteiger partial charge in [0, 0.05) is 7.05 Å². The highest BCUT2D eigenvalue weighted by atomic mass is 19.4. The molecule has 0 unspecified atom stereocenters. The minimum absolute atomic E-state index is 0.0106. The molecule has 0 aliphatic rings. The Bertz CT molecular complexity index is 1470. The molecule has 0 aliphatic heterocycles. The SMILES string of the molecule is CCOC(=O)c1cc(C(F)(F)F)cc2nn(-c3ccc(-n4c(C)nn(C)c4=O)cc3)c(OCC)c12. The Morgan fingerprint density at radius 1 is 1.03 bits per heavy atom. The quantitative estimate of drug-likeness (QED) is 0.383. The Balaban J connectivity index is 1.92. The maximum absolute atomic E-state index is 13.5. The number of aromatic nitrogens is 5. The minimum atomic E-state index is -4.69. The number of hydrogen-bond acceptors (Lipinski definition) is 6. The van der Waals surface area contributed by atoms with E-state index in [0.717, 1.165) is 12.1 Å². The molecule has 0 saturated heterocycles. The van der Waals surface area contributed by atoms with E-state index < -0.39 is 17.7 Å². The molecule has 2 aromatic carbocycles. The molecular formula is C23H22F3N5O4. The number of fused-ring (bicyclic) bond motifs is 1. The zero-order valence-corrected chi connectivity index (χ0v) is 19.4. The molecule has 0 amide bonds. The summed E-state index contributed by atoms with van der Waals surface area (Å²) in [5, 5.41) is 8.53. The first-order valence-electron chi connectivity index (χ1n) is 10.7. The first-order chi connectivity index (χ1) is 16.6. The summed E-state index contributed by atoms with van der Waals surface area (Å²) in [6.07, 6.45) is -4.69. The largest absolute Gasteiger partial charge is 0.477 e. The van der Waals surface area contributed by atoms with Crippen molar-refractivity contribution in [2.45, 2.75) is 26.9 Å². The second-order valence-corrected chi connectivity index (χ2v) is 7.59. The molecule has 0 saturated carbocycles. The molecule has 4 rings (SSSR count). The zero-order chi connectivity index (χ0) is 25.5. The van der Waals surface area contributed by atoms with Crippen LogP contribution < -0.4 is 10.4 Å². The number of rotatable bonds is 6. The van der Waals surface area contributed by atoms with Gasteiger partial charge in [-0.3, -0.25) is 0 Å². The van der Waals surface area contributed by atoms with E-state index in [2.05, 4.69) is 10.2 Å². The van der Waals surface area contributed by atoms with Crippen molar-refractivity contribution in [2.24, 2.45) is 7.05 Å². The number of benzene rings is 2. The highest BCUT2D eigenvalue weighted by Crippen LogP contribution is 2.38. The zero-order valence-electron chi connectivity index (χ0n) is 19.4. The van der Waals surface area contributed by atoms with Crippen LogP contribution >= 0.6 is 0 Å². The van der Waals surface area contributed by atoms with Crippen molar-refractivity contribution in [2.75, 3.05) is 13.2 Å². The number of nitrogens with zero attached hydrogens (tertiary/aromatic N) is 5. The summed E-state index contributed by atoms with van der Waals surface area (Å²) in [4.78, 5) is 24.9. The average molecular weight is 489 g/mol. The van der Waals surface area contributed by atoms with Gasteiger partial charge in [0.25, 0.3) is 0 Å². The van der Waals surface area contributed by atoms with Gasteiger partial charge >= 0.3 is 17.8 Å². The Morgan fingerprint density at radius 3 is 2.23 bits per heavy atom. The van der Waals surface area contributed by atoms with Crippen LogP contribution in [-0.4, -0.2) is 43.3 Å². The maximum atomic E-state index is 13.5. The summed E-state index contributed by atoms with van der Waals surface area (Å²) >= 11 is 0. The highest BCUT2D eigenvalue weighted by molar-refractivity contribution is 6.06. The molecule has 0 spiro atoms. The monoisotopic (exact) mass is 489 g/mol. The molecule has 0 bridgehead atoms. The van der Waals surface area contributed by atoms with Crippen molar-refractivity contribution in [1.82, 2.24) is 24.1 Å². The van der Waals surface area contributed by atoms with Crippen LogP contribution in [0.25, 0.3) is 22.3 Å². The smallest absolute Gasteiger partial charge is 0.416 e. The molecule has 2 heterocycles. The normalized spacial score (nSPS) is 11.7. The lowest BCUT2D eigenvalue weighted by Crippen LogP contribution is -2.21. The van der Waals surface area contributed by atoms with Crippen molar-refractivity contribution in [3.8, 4) is 17.3 Å². The second-order valence-electron chi connectivity index (χ2n) is 7.59. The topological polar surface area (TPSA) is 93.2 Å². The molecule has 4 aromatic rings. The molecule has 35 heavy (non-hydrogen) atoms. The van der Waals surface area contributed by atoms with Crippen LogP contribution in [0.15, 0.2) is 41.2 Å². The van der Waals surface area contributed by atoms with Crippen LogP contribution in [0.3, 0.4) is 0 Å². The molecule has 12 heteroatoms. The minimum Gasteiger partial charge on any atom is -0.477 e. The van der Waals surface area contributed by atoms with E-state index in [-0.39, 0.29) is 41.2 Å². The summed E-state index contributed by atoms with van der Waals surface area (Å²) in [6.45, 7) is 5.12. The van der Waals surface area contributed by atoms with Gasteiger partial charge in [0.2, 0.25) is 5.88 Å². The summed E-state index contributed by atoms with van der Waals surface area (Å²) in [5.74, 6) is -0.323. The summed E-state index contributed by atoms with van der Waals surface area (Å²) < 4.78 is 55.3. The van der Waals surface area contributed by atoms with E-state index >= 15 is 0 Å². The Hall–Kier alpha value is -4.09. The lowest BCUT2D eigenvalue weighted by Gasteiger charge is -2.12. The number of halogens is 3. The van der Waals surface area contributed by atoms with E-state index in [9.17, 15) is 22.8 Å². The summed E-state index contributed by atoms with van der Waals surface area (Å²) in [5.41, 5.74) is -0.719. The summed E-state index contributed by atoms with van der Waals surface area (Å²) in [6, 6.07) is 8.19. The lowest BCUT2D eigenvalue weighted by molar-refractivity contribution is -0.137. The number of alkyl halides is 3. The highest BCUT2D eigenvalue weighted by Gasteiger charge is 2.34. The van der Waals surface area contributed by atoms with Crippen molar-refractivity contribution in [1.29, 1.82) is 0 Å². The van der Waals surface area contributed by atoms with Crippen LogP contribution in [0.5, 0.6) is 5.88 Å². The van der Waals surface area contributed by atoms with Gasteiger partial charge in [0.1, 0.15) is 5.82 Å². The standard InChI is InChI=1S/C23H22F3N5O4/c1-5-34-20-19-17(21(32)35-6-2)11-14(23(24,25)26)12-18(19)28-31(20)16-9-7-15(8-10-16)30-13(3)27-29(4)22(30)33/h7-12H,5-6H2,1-4H3. The first kappa shape index (κ1) is 24.0. The molecule has 0 atom stereocenters. The molecule has 0 fully saturated rings. The second kappa shape index (κ2) is 8.93. The van der Waals surface area contributed by atoms with Crippen LogP contribution in [-0.2, 0) is 18.0 Å². The third-order valence-electron chi connectivity index (χ3n) is 5.27. The fraction of sp³-hybridized carbons (Fsp3) is 0.304. The van der Waals surface area contributed by atoms with Gasteiger partial charge in [0.05, 0.1) is 46.6 Å². The van der Waals surface area contributed by atoms with E-state index in [1.807, 2.05) is 0 Å². The van der Waals surface area contributed by atoms with Gasteiger partial charge in [-0.05, 0) is 57.2 Å². The Labute approximate surface area is 197 Å². The fourth-order valence-electron chi connectivity index (χ4n) is 3.80. The molecule has 0 radical (unpaired) electrons. The average Bonchev–Trinajstić information content (AvgIpc) is 3.29. The molecule has 184 valence electrons. The third-order valence-corrected chi connectivity index (χ3v) is 5.27. The predicted molar refractivity (Wildman–Crippen MR) is 120 cm³/mol. The van der Waals surface area contributed by atoms with E-state index in [1.165, 1.54) is 13.9 Å². The van der Waals surface area contributed by atoms with Crippen LogP contribution in [0.1, 0.15) is 35.6 Å². The number of aryl methyl sites for hydroxylation is 2. The van der Waals surface area contributed by atoms with E-state index in [4.69, 9.17) is 9.47 Å². The molecule has 0 aliphatic carbocycles. The van der Waals surface area contributed by atoms with Crippen LogP contribution in [0.2, 0.25) is 0 Å². The molecule has 0 N–H and O–H groups in total. The third kappa shape index (κ3) is 4.27. The Kier molecular flexibility index (Phi) is 6.14. The fourth-order valence-corrected chi connectivity index (χ4v) is 3.80. The van der Waals surface area contributed by atoms with Crippen LogP contribution in [0.4, 0.5) is 13.2 Å². The van der Waals surface area contributed by atoms with E-state index in [1.54, 1.807) is 52.1 Å². The van der Waals surface area contributed by atoms with Crippen LogP contribution in [0, 0.1) is 6.92 Å². The van der Waals surface area contributed by atoms with Gasteiger partial charge in [-0.25, -0.2) is 18.8 Å². The van der Waals surface area contributed by atoms with Gasteiger partial charge < -0.3 is 9.47 Å². The number of carbonyl (C=O) groups is 1. The number of hydrogen-bond donors (Lipinski definition) is 0. The van der Waals surface area contributed by atoms with Gasteiger partial charge in [-0.1, -0.05) is 0 Å². The number of ether oxygens (including phenoxy) is 2. The van der Waals surface area contributed by atoms with Gasteiger partial charge in [0.15, 0.2) is 0 Å². The summed E-state index contributed by atoms with van der Waals surface area (Å²) in [7, 11) is 1.54. The first-order valence-corrected chi connectivity index (χ1v) is 10.7. The number of esters is 1. The number of carbonyl (C=O) groups excluding carboxylic acids is 1. The van der Waals surface area contributed by atoms with Crippen molar-refractivity contribution in [3.63, 3.8) is 0 Å². The maximum Gasteiger partial charge on any atom is 0.416 e.